The predicted molar refractivity (Wildman–Crippen MR) is 120 cm³/mol. The molecular formula is C23H29N3S. The van der Waals surface area contributed by atoms with E-state index >= 15 is 0 Å². The maximum atomic E-state index is 5.80. The van der Waals surface area contributed by atoms with Crippen LogP contribution in [0.2, 0.25) is 0 Å². The summed E-state index contributed by atoms with van der Waals surface area (Å²) in [5.41, 5.74) is 4.89. The van der Waals surface area contributed by atoms with E-state index < -0.39 is 0 Å². The molecule has 0 bridgehead atoms. The van der Waals surface area contributed by atoms with Gasteiger partial charge in [-0.2, -0.15) is 0 Å². The Labute approximate surface area is 168 Å². The molecular weight excluding hydrogens is 350 g/mol. The van der Waals surface area contributed by atoms with Crippen LogP contribution in [0.15, 0.2) is 54.7 Å². The molecule has 0 aliphatic heterocycles. The molecule has 27 heavy (non-hydrogen) atoms. The first-order valence-electron chi connectivity index (χ1n) is 9.74. The first-order chi connectivity index (χ1) is 13.0. The third kappa shape index (κ3) is 4.33. The molecule has 0 amide bonds. The zero-order valence-corrected chi connectivity index (χ0v) is 17.5. The second-order valence-electron chi connectivity index (χ2n) is 7.14. The summed E-state index contributed by atoms with van der Waals surface area (Å²) in [6.45, 7) is 10.5. The number of fused-ring (bicyclic) bond motifs is 1. The van der Waals surface area contributed by atoms with Gasteiger partial charge in [-0.15, -0.1) is 0 Å². The van der Waals surface area contributed by atoms with Crippen LogP contribution in [0.4, 0.5) is 5.69 Å². The molecule has 142 valence electrons. The summed E-state index contributed by atoms with van der Waals surface area (Å²) in [4.78, 5) is 2.30. The molecule has 0 saturated carbocycles. The Morgan fingerprint density at radius 2 is 1.81 bits per heavy atom. The molecule has 3 nitrogen and oxygen atoms in total. The van der Waals surface area contributed by atoms with Crippen LogP contribution in [0, 0.1) is 6.92 Å². The third-order valence-corrected chi connectivity index (χ3v) is 5.58. The fourth-order valence-electron chi connectivity index (χ4n) is 3.37. The SMILES string of the molecule is CC[C@H](C)N(Cc1cn(CC)c2ccccc12)C(=S)Nc1ccc(C)cc1. The summed E-state index contributed by atoms with van der Waals surface area (Å²) in [5.74, 6) is 0. The topological polar surface area (TPSA) is 20.2 Å². The van der Waals surface area contributed by atoms with E-state index in [2.05, 4.69) is 97.2 Å². The molecule has 4 heteroatoms. The summed E-state index contributed by atoms with van der Waals surface area (Å²) in [6, 6.07) is 17.4. The number of hydrogen-bond acceptors (Lipinski definition) is 1. The number of para-hydroxylation sites is 1. The molecule has 0 spiro atoms. The van der Waals surface area contributed by atoms with Crippen molar-refractivity contribution in [3.05, 3.63) is 65.9 Å². The number of rotatable bonds is 6. The van der Waals surface area contributed by atoms with Gasteiger partial charge in [-0.05, 0) is 63.2 Å². The van der Waals surface area contributed by atoms with Gasteiger partial charge in [-0.1, -0.05) is 42.8 Å². The fourth-order valence-corrected chi connectivity index (χ4v) is 3.74. The van der Waals surface area contributed by atoms with Gasteiger partial charge in [0.25, 0.3) is 0 Å². The minimum atomic E-state index is 0.360. The summed E-state index contributed by atoms with van der Waals surface area (Å²) < 4.78 is 2.32. The van der Waals surface area contributed by atoms with Crippen LogP contribution in [0.25, 0.3) is 10.9 Å². The summed E-state index contributed by atoms with van der Waals surface area (Å²) >= 11 is 5.80. The second-order valence-corrected chi connectivity index (χ2v) is 7.53. The molecule has 2 aromatic carbocycles. The minimum absolute atomic E-state index is 0.360. The van der Waals surface area contributed by atoms with E-state index in [0.717, 1.165) is 30.3 Å². The zero-order chi connectivity index (χ0) is 19.4. The zero-order valence-electron chi connectivity index (χ0n) is 16.7. The smallest absolute Gasteiger partial charge is 0.173 e. The Hall–Kier alpha value is -2.33. The number of thiocarbonyl (C=S) groups is 1. The van der Waals surface area contributed by atoms with Gasteiger partial charge in [0.2, 0.25) is 0 Å². The number of aryl methyl sites for hydroxylation is 2. The van der Waals surface area contributed by atoms with Gasteiger partial charge in [0.15, 0.2) is 5.11 Å². The third-order valence-electron chi connectivity index (χ3n) is 5.24. The van der Waals surface area contributed by atoms with Gasteiger partial charge in [0.1, 0.15) is 0 Å². The molecule has 1 aromatic heterocycles. The molecule has 0 aliphatic rings. The Balaban J connectivity index is 1.87. The lowest BCUT2D eigenvalue weighted by atomic mass is 10.1. The van der Waals surface area contributed by atoms with E-state index in [4.69, 9.17) is 12.2 Å². The highest BCUT2D eigenvalue weighted by molar-refractivity contribution is 7.80. The van der Waals surface area contributed by atoms with Crippen molar-refractivity contribution in [3.63, 3.8) is 0 Å². The standard InChI is InChI=1S/C23H29N3S/c1-5-18(4)26(23(27)24-20-13-11-17(3)12-14-20)16-19-15-25(6-2)22-10-8-7-9-21(19)22/h7-15,18H,5-6,16H2,1-4H3,(H,24,27)/t18-/m0/s1. The van der Waals surface area contributed by atoms with E-state index in [-0.39, 0.29) is 0 Å². The van der Waals surface area contributed by atoms with Crippen molar-refractivity contribution in [2.45, 2.75) is 53.2 Å². The number of nitrogens with one attached hydrogen (secondary N) is 1. The monoisotopic (exact) mass is 379 g/mol. The van der Waals surface area contributed by atoms with Gasteiger partial charge in [-0.25, -0.2) is 0 Å². The molecule has 0 aliphatic carbocycles. The van der Waals surface area contributed by atoms with E-state index in [9.17, 15) is 0 Å². The van der Waals surface area contributed by atoms with Crippen LogP contribution in [0.5, 0.6) is 0 Å². The van der Waals surface area contributed by atoms with Crippen LogP contribution < -0.4 is 5.32 Å². The predicted octanol–water partition coefficient (Wildman–Crippen LogP) is 5.97. The first-order valence-corrected chi connectivity index (χ1v) is 10.1. The van der Waals surface area contributed by atoms with Crippen LogP contribution >= 0.6 is 12.2 Å². The molecule has 1 N–H and O–H groups in total. The Kier molecular flexibility index (Phi) is 6.17. The molecule has 3 aromatic rings. The maximum absolute atomic E-state index is 5.80. The number of benzene rings is 2. The highest BCUT2D eigenvalue weighted by Gasteiger charge is 2.19. The normalized spacial score (nSPS) is 12.1. The van der Waals surface area contributed by atoms with Crippen molar-refractivity contribution in [2.75, 3.05) is 5.32 Å². The second kappa shape index (κ2) is 8.57. The van der Waals surface area contributed by atoms with Crippen LogP contribution in [-0.4, -0.2) is 20.6 Å². The van der Waals surface area contributed by atoms with Crippen molar-refractivity contribution in [3.8, 4) is 0 Å². The maximum Gasteiger partial charge on any atom is 0.173 e. The highest BCUT2D eigenvalue weighted by atomic mass is 32.1. The number of nitrogens with zero attached hydrogens (tertiary/aromatic N) is 2. The van der Waals surface area contributed by atoms with Crippen molar-refractivity contribution in [1.29, 1.82) is 0 Å². The van der Waals surface area contributed by atoms with Gasteiger partial charge in [0, 0.05) is 41.9 Å². The van der Waals surface area contributed by atoms with Gasteiger partial charge in [-0.3, -0.25) is 0 Å². The lowest BCUT2D eigenvalue weighted by Gasteiger charge is -2.31. The van der Waals surface area contributed by atoms with E-state index in [1.807, 2.05) is 0 Å². The Morgan fingerprint density at radius 1 is 1.11 bits per heavy atom. The minimum Gasteiger partial charge on any atom is -0.347 e. The first kappa shape index (κ1) is 19.4. The Bertz CT molecular complexity index is 911. The number of anilines is 1. The van der Waals surface area contributed by atoms with Crippen molar-refractivity contribution >= 4 is 33.9 Å². The number of hydrogen-bond donors (Lipinski definition) is 1. The molecule has 0 fully saturated rings. The Morgan fingerprint density at radius 3 is 2.48 bits per heavy atom. The van der Waals surface area contributed by atoms with Gasteiger partial charge >= 0.3 is 0 Å². The molecule has 0 saturated heterocycles. The average Bonchev–Trinajstić information content (AvgIpc) is 3.05. The fraction of sp³-hybridized carbons (Fsp3) is 0.348. The number of aromatic nitrogens is 1. The molecule has 3 rings (SSSR count). The summed E-state index contributed by atoms with van der Waals surface area (Å²) in [5, 5.41) is 5.51. The lowest BCUT2D eigenvalue weighted by molar-refractivity contribution is 0.320. The molecule has 0 radical (unpaired) electrons. The van der Waals surface area contributed by atoms with E-state index in [0.29, 0.717) is 6.04 Å². The van der Waals surface area contributed by atoms with Crippen molar-refractivity contribution in [2.24, 2.45) is 0 Å². The molecule has 1 heterocycles. The lowest BCUT2D eigenvalue weighted by Crippen LogP contribution is -2.40. The van der Waals surface area contributed by atoms with Gasteiger partial charge in [0.05, 0.1) is 0 Å². The quantitative estimate of drug-likeness (QED) is 0.533. The summed E-state index contributed by atoms with van der Waals surface area (Å²) in [6.07, 6.45) is 3.32. The van der Waals surface area contributed by atoms with E-state index in [1.165, 1.54) is 22.0 Å². The van der Waals surface area contributed by atoms with Crippen LogP contribution in [0.1, 0.15) is 38.3 Å². The van der Waals surface area contributed by atoms with Crippen LogP contribution in [-0.2, 0) is 13.1 Å². The van der Waals surface area contributed by atoms with Gasteiger partial charge < -0.3 is 14.8 Å². The largest absolute Gasteiger partial charge is 0.347 e. The highest BCUT2D eigenvalue weighted by Crippen LogP contribution is 2.24. The van der Waals surface area contributed by atoms with E-state index in [1.54, 1.807) is 0 Å². The molecule has 1 atom stereocenters. The average molecular weight is 380 g/mol. The summed E-state index contributed by atoms with van der Waals surface area (Å²) in [7, 11) is 0. The van der Waals surface area contributed by atoms with Crippen molar-refractivity contribution in [1.82, 2.24) is 9.47 Å². The molecule has 0 unspecified atom stereocenters. The van der Waals surface area contributed by atoms with Crippen LogP contribution in [0.3, 0.4) is 0 Å². The van der Waals surface area contributed by atoms with Crippen molar-refractivity contribution < 1.29 is 0 Å².